The van der Waals surface area contributed by atoms with E-state index in [1.165, 1.54) is 11.1 Å². The van der Waals surface area contributed by atoms with E-state index in [4.69, 9.17) is 9.47 Å². The molecule has 0 fully saturated rings. The Morgan fingerprint density at radius 2 is 1.20 bits per heavy atom. The van der Waals surface area contributed by atoms with Crippen LogP contribution in [0.1, 0.15) is 52.7 Å². The second kappa shape index (κ2) is 4.12. The van der Waals surface area contributed by atoms with Crippen LogP contribution in [0.2, 0.25) is 0 Å². The molecule has 0 spiro atoms. The number of hydrogen-bond acceptors (Lipinski definition) is 4. The standard InChI is InChI=1S/C16H24N2O2/c1-9-17-13-8-14-12(7-11(13)15(3,4)19-9)16(5,6)20-10(2)18-14/h7-10,17-18H,1-6H3. The smallest absolute Gasteiger partial charge is 0.126 e. The molecule has 0 aromatic heterocycles. The van der Waals surface area contributed by atoms with Crippen LogP contribution >= 0.6 is 0 Å². The fourth-order valence-electron chi connectivity index (χ4n) is 3.34. The second-order valence-corrected chi connectivity index (χ2v) is 6.77. The third kappa shape index (κ3) is 2.07. The minimum Gasteiger partial charge on any atom is -0.360 e. The molecule has 2 unspecified atom stereocenters. The summed E-state index contributed by atoms with van der Waals surface area (Å²) >= 11 is 0. The summed E-state index contributed by atoms with van der Waals surface area (Å²) in [5, 5.41) is 6.81. The SMILES string of the molecule is CC1Nc2cc3c(cc2C(C)(C)O1)C(C)(C)OC(C)N3. The van der Waals surface area contributed by atoms with Crippen LogP contribution in [0.4, 0.5) is 11.4 Å². The van der Waals surface area contributed by atoms with Gasteiger partial charge in [-0.3, -0.25) is 0 Å². The van der Waals surface area contributed by atoms with Gasteiger partial charge in [-0.15, -0.1) is 0 Å². The van der Waals surface area contributed by atoms with Crippen molar-refractivity contribution in [1.29, 1.82) is 0 Å². The van der Waals surface area contributed by atoms with E-state index in [0.29, 0.717) is 0 Å². The molecule has 4 nitrogen and oxygen atoms in total. The van der Waals surface area contributed by atoms with Crippen LogP contribution in [0.15, 0.2) is 12.1 Å². The average molecular weight is 276 g/mol. The number of anilines is 2. The van der Waals surface area contributed by atoms with Crippen LogP contribution in [0.25, 0.3) is 0 Å². The van der Waals surface area contributed by atoms with E-state index in [0.717, 1.165) is 11.4 Å². The van der Waals surface area contributed by atoms with Gasteiger partial charge >= 0.3 is 0 Å². The lowest BCUT2D eigenvalue weighted by atomic mass is 9.86. The lowest BCUT2D eigenvalue weighted by molar-refractivity contribution is -0.0685. The number of fused-ring (bicyclic) bond motifs is 2. The van der Waals surface area contributed by atoms with Crippen LogP contribution in [0.3, 0.4) is 0 Å². The molecule has 3 rings (SSSR count). The van der Waals surface area contributed by atoms with Crippen molar-refractivity contribution in [3.05, 3.63) is 23.3 Å². The first-order chi connectivity index (χ1) is 9.19. The molecule has 1 aromatic rings. The summed E-state index contributed by atoms with van der Waals surface area (Å²) in [4.78, 5) is 0. The highest BCUT2D eigenvalue weighted by atomic mass is 16.5. The first kappa shape index (κ1) is 13.7. The molecular weight excluding hydrogens is 252 g/mol. The molecule has 0 saturated carbocycles. The van der Waals surface area contributed by atoms with E-state index < -0.39 is 0 Å². The predicted molar refractivity (Wildman–Crippen MR) is 80.8 cm³/mol. The van der Waals surface area contributed by atoms with E-state index in [1.807, 2.05) is 13.8 Å². The fraction of sp³-hybridized carbons (Fsp3) is 0.625. The summed E-state index contributed by atoms with van der Waals surface area (Å²) in [5.41, 5.74) is 4.06. The normalized spacial score (nSPS) is 29.7. The number of ether oxygens (including phenoxy) is 2. The monoisotopic (exact) mass is 276 g/mol. The number of nitrogens with one attached hydrogen (secondary N) is 2. The minimum atomic E-state index is -0.297. The molecule has 110 valence electrons. The van der Waals surface area contributed by atoms with Crippen LogP contribution in [0, 0.1) is 0 Å². The molecule has 0 bridgehead atoms. The van der Waals surface area contributed by atoms with Crippen LogP contribution in [0.5, 0.6) is 0 Å². The molecule has 2 heterocycles. The van der Waals surface area contributed by atoms with Crippen molar-refractivity contribution in [3.8, 4) is 0 Å². The highest BCUT2D eigenvalue weighted by molar-refractivity contribution is 5.69. The Hall–Kier alpha value is -1.26. The van der Waals surface area contributed by atoms with Crippen molar-refractivity contribution in [1.82, 2.24) is 0 Å². The van der Waals surface area contributed by atoms with Gasteiger partial charge in [0.15, 0.2) is 0 Å². The van der Waals surface area contributed by atoms with E-state index in [-0.39, 0.29) is 23.7 Å². The quantitative estimate of drug-likeness (QED) is 0.757. The Labute approximate surface area is 120 Å². The van der Waals surface area contributed by atoms with Crippen molar-refractivity contribution in [2.45, 2.75) is 65.2 Å². The molecule has 2 aliphatic heterocycles. The van der Waals surface area contributed by atoms with Crippen molar-refractivity contribution >= 4 is 11.4 Å². The van der Waals surface area contributed by atoms with Gasteiger partial charge in [-0.1, -0.05) is 0 Å². The Bertz CT molecular complexity index is 506. The molecule has 2 atom stereocenters. The third-order valence-electron chi connectivity index (χ3n) is 4.12. The number of rotatable bonds is 0. The zero-order chi connectivity index (χ0) is 14.7. The number of hydrogen-bond donors (Lipinski definition) is 2. The summed E-state index contributed by atoms with van der Waals surface area (Å²) < 4.78 is 12.0. The summed E-state index contributed by atoms with van der Waals surface area (Å²) in [5.74, 6) is 0. The van der Waals surface area contributed by atoms with E-state index in [9.17, 15) is 0 Å². The van der Waals surface area contributed by atoms with Gasteiger partial charge in [-0.25, -0.2) is 0 Å². The van der Waals surface area contributed by atoms with Crippen molar-refractivity contribution < 1.29 is 9.47 Å². The first-order valence-electron chi connectivity index (χ1n) is 7.27. The maximum Gasteiger partial charge on any atom is 0.126 e. The van der Waals surface area contributed by atoms with Gasteiger partial charge in [0.2, 0.25) is 0 Å². The van der Waals surface area contributed by atoms with Crippen molar-refractivity contribution in [3.63, 3.8) is 0 Å². The van der Waals surface area contributed by atoms with Gasteiger partial charge in [0, 0.05) is 22.5 Å². The molecular formula is C16H24N2O2. The maximum absolute atomic E-state index is 6.01. The fourth-order valence-corrected chi connectivity index (χ4v) is 3.34. The van der Waals surface area contributed by atoms with E-state index in [1.54, 1.807) is 0 Å². The molecule has 0 amide bonds. The topological polar surface area (TPSA) is 42.5 Å². The van der Waals surface area contributed by atoms with Gasteiger partial charge in [-0.05, 0) is 53.7 Å². The van der Waals surface area contributed by atoms with Crippen LogP contribution < -0.4 is 10.6 Å². The van der Waals surface area contributed by atoms with Crippen molar-refractivity contribution in [2.75, 3.05) is 10.6 Å². The Morgan fingerprint density at radius 3 is 1.60 bits per heavy atom. The second-order valence-electron chi connectivity index (χ2n) is 6.77. The summed E-state index contributed by atoms with van der Waals surface area (Å²) in [7, 11) is 0. The molecule has 1 aromatic carbocycles. The van der Waals surface area contributed by atoms with Crippen LogP contribution in [-0.4, -0.2) is 12.5 Å². The van der Waals surface area contributed by atoms with E-state index >= 15 is 0 Å². The van der Waals surface area contributed by atoms with Gasteiger partial charge in [0.05, 0.1) is 11.2 Å². The molecule has 0 radical (unpaired) electrons. The molecule has 2 aliphatic rings. The Balaban J connectivity index is 2.17. The summed E-state index contributed by atoms with van der Waals surface area (Å²) in [6, 6.07) is 4.40. The third-order valence-corrected chi connectivity index (χ3v) is 4.12. The Morgan fingerprint density at radius 1 is 0.800 bits per heavy atom. The van der Waals surface area contributed by atoms with E-state index in [2.05, 4.69) is 50.5 Å². The summed E-state index contributed by atoms with van der Waals surface area (Å²) in [6.45, 7) is 12.5. The highest BCUT2D eigenvalue weighted by Gasteiger charge is 2.37. The highest BCUT2D eigenvalue weighted by Crippen LogP contribution is 2.45. The Kier molecular flexibility index (Phi) is 2.82. The zero-order valence-electron chi connectivity index (χ0n) is 13.1. The molecule has 20 heavy (non-hydrogen) atoms. The first-order valence-corrected chi connectivity index (χ1v) is 7.27. The van der Waals surface area contributed by atoms with Gasteiger partial charge in [0.1, 0.15) is 12.5 Å². The number of benzene rings is 1. The van der Waals surface area contributed by atoms with Gasteiger partial charge in [0.25, 0.3) is 0 Å². The molecule has 4 heteroatoms. The molecule has 0 aliphatic carbocycles. The van der Waals surface area contributed by atoms with Gasteiger partial charge < -0.3 is 20.1 Å². The lowest BCUT2D eigenvalue weighted by Gasteiger charge is -2.42. The minimum absolute atomic E-state index is 0.0147. The average Bonchev–Trinajstić information content (AvgIpc) is 2.23. The maximum atomic E-state index is 6.01. The van der Waals surface area contributed by atoms with Crippen LogP contribution in [-0.2, 0) is 20.7 Å². The zero-order valence-corrected chi connectivity index (χ0v) is 13.1. The summed E-state index contributed by atoms with van der Waals surface area (Å²) in [6.07, 6.45) is 0.0293. The lowest BCUT2D eigenvalue weighted by Crippen LogP contribution is -2.40. The molecule has 0 saturated heterocycles. The predicted octanol–water partition coefficient (Wildman–Crippen LogP) is 3.73. The molecule has 2 N–H and O–H groups in total. The largest absolute Gasteiger partial charge is 0.360 e. The van der Waals surface area contributed by atoms with Gasteiger partial charge in [-0.2, -0.15) is 0 Å². The van der Waals surface area contributed by atoms with Crippen molar-refractivity contribution in [2.24, 2.45) is 0 Å².